The summed E-state index contributed by atoms with van der Waals surface area (Å²) in [6.07, 6.45) is 0. The Kier molecular flexibility index (Phi) is 6.02. The molecule has 0 spiro atoms. The molecule has 0 unspecified atom stereocenters. The predicted molar refractivity (Wildman–Crippen MR) is 123 cm³/mol. The van der Waals surface area contributed by atoms with Crippen molar-refractivity contribution in [1.29, 1.82) is 0 Å². The minimum atomic E-state index is -0.394. The van der Waals surface area contributed by atoms with Gasteiger partial charge >= 0.3 is 0 Å². The number of benzene rings is 2. The van der Waals surface area contributed by atoms with Crippen LogP contribution in [0.3, 0.4) is 0 Å². The Morgan fingerprint density at radius 2 is 1.61 bits per heavy atom. The van der Waals surface area contributed by atoms with E-state index in [1.54, 1.807) is 25.2 Å². The number of carbonyl (C=O) groups excluding carboxylic acids is 1. The Morgan fingerprint density at radius 1 is 0.935 bits per heavy atom. The third-order valence-electron chi connectivity index (χ3n) is 5.87. The van der Waals surface area contributed by atoms with E-state index >= 15 is 0 Å². The zero-order chi connectivity index (χ0) is 22.0. The largest absolute Gasteiger partial charge is 0.497 e. The highest BCUT2D eigenvalue weighted by atomic mass is 16.5. The molecule has 7 nitrogen and oxygen atoms in total. The van der Waals surface area contributed by atoms with Gasteiger partial charge in [-0.1, -0.05) is 32.0 Å². The van der Waals surface area contributed by atoms with Crippen LogP contribution >= 0.6 is 0 Å². The van der Waals surface area contributed by atoms with Crippen LogP contribution in [0, 0.1) is 5.92 Å². The fourth-order valence-corrected chi connectivity index (χ4v) is 4.13. The average Bonchev–Trinajstić information content (AvgIpc) is 3.16. The maximum absolute atomic E-state index is 13.4. The molecule has 7 heteroatoms. The molecule has 31 heavy (non-hydrogen) atoms. The average molecular weight is 423 g/mol. The molecule has 2 aromatic rings. The number of nitrogens with zero attached hydrogens (tertiary/aromatic N) is 4. The summed E-state index contributed by atoms with van der Waals surface area (Å²) in [5.41, 5.74) is 1.92. The molecule has 2 aliphatic rings. The van der Waals surface area contributed by atoms with Crippen LogP contribution < -0.4 is 19.3 Å². The van der Waals surface area contributed by atoms with E-state index in [1.807, 2.05) is 32.0 Å². The highest BCUT2D eigenvalue weighted by Gasteiger charge is 2.41. The first kappa shape index (κ1) is 21.0. The lowest BCUT2D eigenvalue weighted by Gasteiger charge is -2.38. The second-order valence-electron chi connectivity index (χ2n) is 8.14. The molecular formula is C24H30N4O3. The zero-order valence-corrected chi connectivity index (χ0v) is 18.6. The Labute approximate surface area is 183 Å². The Hall–Kier alpha value is -3.22. The maximum atomic E-state index is 13.4. The molecule has 1 saturated heterocycles. The normalized spacial score (nSPS) is 19.1. The first-order chi connectivity index (χ1) is 15.0. The van der Waals surface area contributed by atoms with Crippen molar-refractivity contribution in [2.45, 2.75) is 19.9 Å². The molecule has 0 saturated carbocycles. The van der Waals surface area contributed by atoms with Crippen molar-refractivity contribution in [2.24, 2.45) is 10.9 Å². The van der Waals surface area contributed by atoms with Crippen molar-refractivity contribution in [3.63, 3.8) is 0 Å². The van der Waals surface area contributed by atoms with Crippen LogP contribution in [0.5, 0.6) is 11.5 Å². The Morgan fingerprint density at radius 3 is 2.23 bits per heavy atom. The lowest BCUT2D eigenvalue weighted by molar-refractivity contribution is -0.119. The van der Waals surface area contributed by atoms with Crippen LogP contribution in [0.2, 0.25) is 0 Å². The number of anilines is 2. The first-order valence-corrected chi connectivity index (χ1v) is 10.7. The second-order valence-corrected chi connectivity index (χ2v) is 8.14. The molecule has 2 aliphatic heterocycles. The summed E-state index contributed by atoms with van der Waals surface area (Å²) in [6.45, 7) is 7.40. The number of guanidine groups is 1. The summed E-state index contributed by atoms with van der Waals surface area (Å²) >= 11 is 0. The molecule has 164 valence electrons. The van der Waals surface area contributed by atoms with Gasteiger partial charge in [-0.3, -0.25) is 4.79 Å². The number of para-hydroxylation sites is 1. The summed E-state index contributed by atoms with van der Waals surface area (Å²) in [7, 11) is 3.22. The third kappa shape index (κ3) is 4.04. The number of hydrogen-bond donors (Lipinski definition) is 0. The van der Waals surface area contributed by atoms with Crippen LogP contribution in [0.1, 0.15) is 13.8 Å². The molecule has 1 fully saturated rings. The van der Waals surface area contributed by atoms with Crippen molar-refractivity contribution < 1.29 is 14.3 Å². The molecule has 0 bridgehead atoms. The van der Waals surface area contributed by atoms with Crippen LogP contribution in [0.25, 0.3) is 0 Å². The van der Waals surface area contributed by atoms with Gasteiger partial charge in [0.15, 0.2) is 0 Å². The second kappa shape index (κ2) is 8.88. The third-order valence-corrected chi connectivity index (χ3v) is 5.87. The summed E-state index contributed by atoms with van der Waals surface area (Å²) in [6, 6.07) is 15.5. The molecule has 1 amide bonds. The van der Waals surface area contributed by atoms with Gasteiger partial charge in [0.05, 0.1) is 19.9 Å². The van der Waals surface area contributed by atoms with Crippen LogP contribution in [-0.4, -0.2) is 63.2 Å². The van der Waals surface area contributed by atoms with E-state index in [4.69, 9.17) is 14.5 Å². The summed E-state index contributed by atoms with van der Waals surface area (Å²) < 4.78 is 10.9. The minimum absolute atomic E-state index is 0.0149. The quantitative estimate of drug-likeness (QED) is 0.740. The van der Waals surface area contributed by atoms with E-state index < -0.39 is 6.04 Å². The van der Waals surface area contributed by atoms with Gasteiger partial charge in [-0.05, 0) is 30.2 Å². The van der Waals surface area contributed by atoms with Crippen molar-refractivity contribution in [3.05, 3.63) is 48.5 Å². The number of carbonyl (C=O) groups is 1. The minimum Gasteiger partial charge on any atom is -0.497 e. The van der Waals surface area contributed by atoms with Gasteiger partial charge in [-0.25, -0.2) is 9.89 Å². The molecule has 0 N–H and O–H groups in total. The number of amides is 1. The van der Waals surface area contributed by atoms with Crippen LogP contribution in [-0.2, 0) is 4.79 Å². The summed E-state index contributed by atoms with van der Waals surface area (Å²) in [5.74, 6) is 2.08. The predicted octanol–water partition coefficient (Wildman–Crippen LogP) is 3.25. The summed E-state index contributed by atoms with van der Waals surface area (Å²) in [5, 5.41) is 0. The maximum Gasteiger partial charge on any atom is 0.259 e. The van der Waals surface area contributed by atoms with Gasteiger partial charge in [-0.2, -0.15) is 0 Å². The van der Waals surface area contributed by atoms with Gasteiger partial charge in [0.1, 0.15) is 17.5 Å². The van der Waals surface area contributed by atoms with E-state index in [2.05, 4.69) is 34.1 Å². The Balaban J connectivity index is 1.62. The van der Waals surface area contributed by atoms with Crippen molar-refractivity contribution in [3.8, 4) is 11.5 Å². The molecule has 0 aromatic heterocycles. The van der Waals surface area contributed by atoms with Gasteiger partial charge < -0.3 is 19.3 Å². The highest BCUT2D eigenvalue weighted by molar-refractivity contribution is 6.22. The molecule has 0 aliphatic carbocycles. The van der Waals surface area contributed by atoms with E-state index in [9.17, 15) is 4.79 Å². The monoisotopic (exact) mass is 422 g/mol. The first-order valence-electron chi connectivity index (χ1n) is 10.7. The fraction of sp³-hybridized carbons (Fsp3) is 0.417. The molecule has 2 heterocycles. The van der Waals surface area contributed by atoms with E-state index in [1.165, 1.54) is 5.69 Å². The van der Waals surface area contributed by atoms with E-state index in [-0.39, 0.29) is 11.8 Å². The number of piperazine rings is 1. The number of methoxy groups -OCH3 is 2. The highest BCUT2D eigenvalue weighted by Crippen LogP contribution is 2.36. The van der Waals surface area contributed by atoms with Crippen molar-refractivity contribution in [1.82, 2.24) is 4.90 Å². The number of rotatable bonds is 5. The van der Waals surface area contributed by atoms with Crippen LogP contribution in [0.4, 0.5) is 11.4 Å². The lowest BCUT2D eigenvalue weighted by atomic mass is 10.0. The number of ether oxygens (including phenoxy) is 2. The number of hydrogen-bond acceptors (Lipinski definition) is 6. The lowest BCUT2D eigenvalue weighted by Crippen LogP contribution is -2.53. The van der Waals surface area contributed by atoms with E-state index in [0.29, 0.717) is 23.1 Å². The van der Waals surface area contributed by atoms with Crippen LogP contribution in [0.15, 0.2) is 53.5 Å². The topological polar surface area (TPSA) is 57.6 Å². The molecule has 0 radical (unpaired) electrons. The fourth-order valence-electron chi connectivity index (χ4n) is 4.13. The number of aliphatic imine (C=N–C) groups is 1. The van der Waals surface area contributed by atoms with Crippen molar-refractivity contribution in [2.75, 3.05) is 50.2 Å². The molecule has 1 atom stereocenters. The van der Waals surface area contributed by atoms with Gasteiger partial charge in [0.2, 0.25) is 5.96 Å². The van der Waals surface area contributed by atoms with Gasteiger partial charge in [-0.15, -0.1) is 0 Å². The van der Waals surface area contributed by atoms with Crippen molar-refractivity contribution >= 4 is 23.2 Å². The standard InChI is InChI=1S/C24H30N4O3/c1-17(2)22-23(29)28(20-11-10-19(30-3)16-21(20)31-4)24(25-22)27-14-12-26(13-15-27)18-8-6-5-7-9-18/h5-11,16-17,22H,12-15H2,1-4H3/t22-/m0/s1. The van der Waals surface area contributed by atoms with Gasteiger partial charge in [0, 0.05) is 37.9 Å². The summed E-state index contributed by atoms with van der Waals surface area (Å²) in [4.78, 5) is 24.6. The SMILES string of the molecule is COc1ccc(N2C(=O)[C@H](C(C)C)N=C2N2CCN(c3ccccc3)CC2)c(OC)c1. The zero-order valence-electron chi connectivity index (χ0n) is 18.6. The van der Waals surface area contributed by atoms with Gasteiger partial charge in [0.25, 0.3) is 5.91 Å². The Bertz CT molecular complexity index is 953. The molecule has 2 aromatic carbocycles. The molecule has 4 rings (SSSR count). The molecular weight excluding hydrogens is 392 g/mol. The smallest absolute Gasteiger partial charge is 0.259 e. The van der Waals surface area contributed by atoms with E-state index in [0.717, 1.165) is 26.2 Å².